The zero-order valence-electron chi connectivity index (χ0n) is 24.4. The van der Waals surface area contributed by atoms with Gasteiger partial charge in [-0.25, -0.2) is 0 Å². The SMILES string of the molecule is CCCCNCC(=O)Nc1cc(N(C)C)c2c(c1O)C(=O)C1=C(O)[C@]3(O)C(=O)C(C(N)=O)=C(O)[C@@H](N(C)C)C3CC1C2. The Labute approximate surface area is 243 Å². The number of hydrogen-bond donors (Lipinski definition) is 7. The summed E-state index contributed by atoms with van der Waals surface area (Å²) in [5, 5.41) is 51.0. The second kappa shape index (κ2) is 11.4. The van der Waals surface area contributed by atoms with Crippen LogP contribution in [-0.2, 0) is 20.8 Å². The van der Waals surface area contributed by atoms with Crippen LogP contribution >= 0.6 is 0 Å². The van der Waals surface area contributed by atoms with Crippen molar-refractivity contribution in [1.29, 1.82) is 0 Å². The van der Waals surface area contributed by atoms with Gasteiger partial charge in [-0.1, -0.05) is 13.3 Å². The third-order valence-corrected chi connectivity index (χ3v) is 8.45. The second-order valence-corrected chi connectivity index (χ2v) is 11.6. The molecule has 0 saturated heterocycles. The Morgan fingerprint density at radius 2 is 1.81 bits per heavy atom. The summed E-state index contributed by atoms with van der Waals surface area (Å²) >= 11 is 0. The van der Waals surface area contributed by atoms with Crippen LogP contribution < -0.4 is 21.3 Å². The van der Waals surface area contributed by atoms with E-state index in [1.54, 1.807) is 39.2 Å². The highest BCUT2D eigenvalue weighted by Gasteiger charge is 2.63. The number of Topliss-reactive ketones (excluding diaryl/α,β-unsaturated/α-hetero) is 2. The molecule has 0 radical (unpaired) electrons. The number of phenols is 1. The van der Waals surface area contributed by atoms with Crippen molar-refractivity contribution in [2.45, 2.75) is 44.2 Å². The standard InChI is InChI=1S/C29H39N5O8/c1-6-7-8-31-12-18(35)32-16-11-17(33(2)3)14-9-13-10-15-22(34(4)5)25(38)21(28(30)41)27(40)29(15,42)26(39)19(13)24(37)20(14)23(16)36/h11,13,15,22,31,36,38-39,42H,6-10,12H2,1-5H3,(H2,30,41)(H,32,35)/t13?,15?,22-,29-/m0/s1. The molecule has 2 unspecified atom stereocenters. The molecule has 1 aromatic carbocycles. The first kappa shape index (κ1) is 31.0. The molecule has 0 heterocycles. The van der Waals surface area contributed by atoms with E-state index in [1.165, 1.54) is 4.90 Å². The fraction of sp³-hybridized carbons (Fsp3) is 0.517. The van der Waals surface area contributed by atoms with E-state index in [4.69, 9.17) is 5.73 Å². The quantitative estimate of drug-likeness (QED) is 0.121. The lowest BCUT2D eigenvalue weighted by Crippen LogP contribution is -2.63. The Morgan fingerprint density at radius 1 is 1.14 bits per heavy atom. The molecule has 1 aromatic rings. The van der Waals surface area contributed by atoms with Gasteiger partial charge in [0.25, 0.3) is 5.91 Å². The number of rotatable bonds is 9. The Balaban J connectivity index is 1.84. The number of phenolic OH excluding ortho intramolecular Hbond substituents is 1. The average Bonchev–Trinajstić information content (AvgIpc) is 2.89. The van der Waals surface area contributed by atoms with Crippen molar-refractivity contribution in [1.82, 2.24) is 10.2 Å². The van der Waals surface area contributed by atoms with Gasteiger partial charge < -0.3 is 41.7 Å². The van der Waals surface area contributed by atoms with Crippen LogP contribution in [0.3, 0.4) is 0 Å². The number of carbonyl (C=O) groups is 4. The molecule has 4 rings (SSSR count). The van der Waals surface area contributed by atoms with Gasteiger partial charge in [0.15, 0.2) is 17.1 Å². The van der Waals surface area contributed by atoms with E-state index in [2.05, 4.69) is 10.6 Å². The molecule has 0 saturated carbocycles. The highest BCUT2D eigenvalue weighted by Crippen LogP contribution is 2.53. The molecule has 13 heteroatoms. The molecule has 8 N–H and O–H groups in total. The molecule has 13 nitrogen and oxygen atoms in total. The predicted octanol–water partition coefficient (Wildman–Crippen LogP) is 0.515. The van der Waals surface area contributed by atoms with E-state index in [1.807, 2.05) is 6.92 Å². The number of nitrogens with zero attached hydrogens (tertiary/aromatic N) is 2. The molecule has 228 valence electrons. The monoisotopic (exact) mass is 585 g/mol. The number of primary amides is 1. The molecule has 3 aliphatic rings. The molecule has 0 spiro atoms. The summed E-state index contributed by atoms with van der Waals surface area (Å²) in [6.07, 6.45) is 1.97. The molecule has 42 heavy (non-hydrogen) atoms. The fourth-order valence-corrected chi connectivity index (χ4v) is 6.49. The number of nitrogens with one attached hydrogen (secondary N) is 2. The molecule has 2 amide bonds. The minimum absolute atomic E-state index is 0.00989. The Bertz CT molecular complexity index is 1410. The lowest BCUT2D eigenvalue weighted by Gasteiger charge is -2.50. The second-order valence-electron chi connectivity index (χ2n) is 11.6. The van der Waals surface area contributed by atoms with Crippen molar-refractivity contribution >= 4 is 34.8 Å². The first-order valence-corrected chi connectivity index (χ1v) is 13.9. The van der Waals surface area contributed by atoms with E-state index in [9.17, 15) is 39.6 Å². The largest absolute Gasteiger partial charge is 0.510 e. The average molecular weight is 586 g/mol. The van der Waals surface area contributed by atoms with Crippen LogP contribution in [-0.4, -0.2) is 102 Å². The minimum atomic E-state index is -2.72. The van der Waals surface area contributed by atoms with Crippen LogP contribution in [0.5, 0.6) is 5.75 Å². The smallest absolute Gasteiger partial charge is 0.255 e. The number of amides is 2. The molecular formula is C29H39N5O8. The number of carbonyl (C=O) groups excluding carboxylic acids is 4. The molecule has 4 atom stereocenters. The third kappa shape index (κ3) is 4.80. The summed E-state index contributed by atoms with van der Waals surface area (Å²) in [5.41, 5.74) is 2.37. The summed E-state index contributed by atoms with van der Waals surface area (Å²) in [7, 11) is 6.64. The molecule has 3 aliphatic carbocycles. The number of ketones is 2. The number of fused-ring (bicyclic) bond motifs is 3. The van der Waals surface area contributed by atoms with E-state index >= 15 is 0 Å². The number of allylic oxidation sites excluding steroid dienone is 1. The first-order chi connectivity index (χ1) is 19.7. The molecule has 0 fully saturated rings. The van der Waals surface area contributed by atoms with Gasteiger partial charge in [-0.2, -0.15) is 0 Å². The lowest BCUT2D eigenvalue weighted by molar-refractivity contribution is -0.148. The number of likely N-dealkylation sites (N-methyl/N-ethyl adjacent to an activating group) is 1. The van der Waals surface area contributed by atoms with Gasteiger partial charge in [0, 0.05) is 31.3 Å². The van der Waals surface area contributed by atoms with Crippen molar-refractivity contribution in [2.75, 3.05) is 51.5 Å². The van der Waals surface area contributed by atoms with E-state index in [-0.39, 0.29) is 36.2 Å². The number of unbranched alkanes of at least 4 members (excludes halogenated alkanes) is 1. The van der Waals surface area contributed by atoms with Crippen LogP contribution in [0.2, 0.25) is 0 Å². The van der Waals surface area contributed by atoms with Gasteiger partial charge >= 0.3 is 0 Å². The summed E-state index contributed by atoms with van der Waals surface area (Å²) < 4.78 is 0. The number of benzene rings is 1. The number of anilines is 2. The minimum Gasteiger partial charge on any atom is -0.510 e. The normalized spacial score (nSPS) is 25.3. The lowest BCUT2D eigenvalue weighted by atomic mass is 9.58. The van der Waals surface area contributed by atoms with E-state index < -0.39 is 69.7 Å². The summed E-state index contributed by atoms with van der Waals surface area (Å²) in [6.45, 7) is 2.65. The van der Waals surface area contributed by atoms with Crippen LogP contribution in [0.4, 0.5) is 11.4 Å². The van der Waals surface area contributed by atoms with Crippen LogP contribution in [0, 0.1) is 11.8 Å². The topological polar surface area (TPSA) is 206 Å². The van der Waals surface area contributed by atoms with Crippen molar-refractivity contribution in [3.05, 3.63) is 39.9 Å². The Hall–Kier alpha value is -3.94. The number of nitrogens with two attached hydrogens (primary N) is 1. The molecular weight excluding hydrogens is 546 g/mol. The number of hydrogen-bond acceptors (Lipinski definition) is 11. The maximum atomic E-state index is 14.1. The van der Waals surface area contributed by atoms with Crippen LogP contribution in [0.25, 0.3) is 0 Å². The van der Waals surface area contributed by atoms with Crippen LogP contribution in [0.1, 0.15) is 42.1 Å². The summed E-state index contributed by atoms with van der Waals surface area (Å²) in [4.78, 5) is 55.5. The maximum Gasteiger partial charge on any atom is 0.255 e. The zero-order chi connectivity index (χ0) is 31.3. The Morgan fingerprint density at radius 3 is 2.38 bits per heavy atom. The fourth-order valence-electron chi connectivity index (χ4n) is 6.49. The van der Waals surface area contributed by atoms with Gasteiger partial charge in [0.2, 0.25) is 11.7 Å². The summed E-state index contributed by atoms with van der Waals surface area (Å²) in [5.74, 6) is -7.72. The number of aliphatic hydroxyl groups excluding tert-OH is 2. The van der Waals surface area contributed by atoms with Crippen molar-refractivity contribution in [3.63, 3.8) is 0 Å². The van der Waals surface area contributed by atoms with E-state index in [0.717, 1.165) is 12.8 Å². The zero-order valence-corrected chi connectivity index (χ0v) is 24.4. The van der Waals surface area contributed by atoms with Gasteiger partial charge in [-0.15, -0.1) is 0 Å². The molecule has 0 aliphatic heterocycles. The third-order valence-electron chi connectivity index (χ3n) is 8.45. The van der Waals surface area contributed by atoms with Crippen LogP contribution in [0.15, 0.2) is 28.7 Å². The number of aliphatic hydroxyl groups is 3. The highest BCUT2D eigenvalue weighted by atomic mass is 16.3. The maximum absolute atomic E-state index is 14.1. The first-order valence-electron chi connectivity index (χ1n) is 13.9. The van der Waals surface area contributed by atoms with Gasteiger partial charge in [0.05, 0.1) is 23.8 Å². The summed E-state index contributed by atoms with van der Waals surface area (Å²) in [6, 6.07) is 0.500. The highest BCUT2D eigenvalue weighted by molar-refractivity contribution is 6.25. The predicted molar refractivity (Wildman–Crippen MR) is 154 cm³/mol. The van der Waals surface area contributed by atoms with Gasteiger partial charge in [-0.3, -0.25) is 24.1 Å². The molecule has 0 aromatic heterocycles. The van der Waals surface area contributed by atoms with Gasteiger partial charge in [-0.05, 0) is 57.5 Å². The molecule has 0 bridgehead atoms. The van der Waals surface area contributed by atoms with Crippen molar-refractivity contribution < 1.29 is 39.6 Å². The van der Waals surface area contributed by atoms with Crippen molar-refractivity contribution in [3.8, 4) is 5.75 Å². The van der Waals surface area contributed by atoms with E-state index in [0.29, 0.717) is 17.8 Å². The van der Waals surface area contributed by atoms with Gasteiger partial charge in [0.1, 0.15) is 17.1 Å². The Kier molecular flexibility index (Phi) is 8.40. The van der Waals surface area contributed by atoms with Crippen molar-refractivity contribution in [2.24, 2.45) is 17.6 Å². The number of aromatic hydroxyl groups is 1.